The molecule has 1 aliphatic heterocycles. The highest BCUT2D eigenvalue weighted by molar-refractivity contribution is 9.10. The summed E-state index contributed by atoms with van der Waals surface area (Å²) < 4.78 is 11.7. The molecule has 0 atom stereocenters. The van der Waals surface area contributed by atoms with Crippen molar-refractivity contribution >= 4 is 44.9 Å². The first-order valence-electron chi connectivity index (χ1n) is 8.74. The Morgan fingerprint density at radius 1 is 1.14 bits per heavy atom. The van der Waals surface area contributed by atoms with Gasteiger partial charge in [0.15, 0.2) is 11.5 Å². The van der Waals surface area contributed by atoms with Crippen molar-refractivity contribution in [3.8, 4) is 11.5 Å². The Hall–Kier alpha value is -2.25. The van der Waals surface area contributed by atoms with E-state index < -0.39 is 0 Å². The topological polar surface area (TPSA) is 55.8 Å². The zero-order valence-electron chi connectivity index (χ0n) is 15.8. The average molecular weight is 462 g/mol. The summed E-state index contributed by atoms with van der Waals surface area (Å²) in [6, 6.07) is 11.4. The zero-order valence-corrected chi connectivity index (χ0v) is 18.2. The lowest BCUT2D eigenvalue weighted by Gasteiger charge is -2.13. The van der Waals surface area contributed by atoms with Crippen molar-refractivity contribution in [3.05, 3.63) is 62.5 Å². The summed E-state index contributed by atoms with van der Waals surface area (Å²) >= 11 is 4.43. The average Bonchev–Trinajstić information content (AvgIpc) is 2.93. The summed E-state index contributed by atoms with van der Waals surface area (Å²) in [5.41, 5.74) is 2.79. The lowest BCUT2D eigenvalue weighted by Crippen LogP contribution is -2.27. The summed E-state index contributed by atoms with van der Waals surface area (Å²) in [4.78, 5) is 26.8. The number of methoxy groups -OCH3 is 1. The van der Waals surface area contributed by atoms with Crippen molar-refractivity contribution in [1.29, 1.82) is 0 Å². The molecule has 2 aromatic carbocycles. The number of imide groups is 1. The third-order valence-electron chi connectivity index (χ3n) is 4.20. The van der Waals surface area contributed by atoms with Crippen molar-refractivity contribution in [1.82, 2.24) is 4.90 Å². The molecule has 146 valence electrons. The molecule has 5 nitrogen and oxygen atoms in total. The number of benzene rings is 2. The van der Waals surface area contributed by atoms with E-state index in [-0.39, 0.29) is 17.7 Å². The first kappa shape index (κ1) is 20.5. The maximum atomic E-state index is 12.8. The molecule has 0 aliphatic carbocycles. The van der Waals surface area contributed by atoms with Gasteiger partial charge in [-0.15, -0.1) is 0 Å². The third kappa shape index (κ3) is 4.42. The molecule has 1 saturated heterocycles. The molecule has 7 heteroatoms. The van der Waals surface area contributed by atoms with Crippen molar-refractivity contribution in [2.24, 2.45) is 0 Å². The van der Waals surface area contributed by atoms with Crippen LogP contribution < -0.4 is 9.47 Å². The largest absolute Gasteiger partial charge is 0.493 e. The van der Waals surface area contributed by atoms with E-state index in [2.05, 4.69) is 15.9 Å². The van der Waals surface area contributed by atoms with E-state index in [1.807, 2.05) is 38.1 Å². The number of hydrogen-bond acceptors (Lipinski definition) is 5. The number of carbonyl (C=O) groups is 2. The van der Waals surface area contributed by atoms with Gasteiger partial charge in [0, 0.05) is 4.47 Å². The van der Waals surface area contributed by atoms with E-state index in [1.54, 1.807) is 25.3 Å². The number of rotatable bonds is 6. The number of amides is 2. The van der Waals surface area contributed by atoms with Gasteiger partial charge in [-0.3, -0.25) is 14.5 Å². The van der Waals surface area contributed by atoms with Gasteiger partial charge >= 0.3 is 0 Å². The second-order valence-corrected chi connectivity index (χ2v) is 8.06. The van der Waals surface area contributed by atoms with E-state index in [9.17, 15) is 9.59 Å². The van der Waals surface area contributed by atoms with Crippen LogP contribution in [-0.4, -0.2) is 29.8 Å². The van der Waals surface area contributed by atoms with Crippen LogP contribution in [0.3, 0.4) is 0 Å². The number of ether oxygens (including phenoxy) is 2. The highest BCUT2D eigenvalue weighted by atomic mass is 79.9. The lowest BCUT2D eigenvalue weighted by molar-refractivity contribution is -0.123. The smallest absolute Gasteiger partial charge is 0.293 e. The Morgan fingerprint density at radius 3 is 2.50 bits per heavy atom. The van der Waals surface area contributed by atoms with Crippen molar-refractivity contribution in [3.63, 3.8) is 0 Å². The van der Waals surface area contributed by atoms with Gasteiger partial charge in [-0.25, -0.2) is 0 Å². The molecule has 1 aliphatic rings. The Balaban J connectivity index is 1.87. The van der Waals surface area contributed by atoms with Gasteiger partial charge < -0.3 is 9.47 Å². The highest BCUT2D eigenvalue weighted by Gasteiger charge is 2.35. The number of hydrogen-bond donors (Lipinski definition) is 0. The number of carbonyl (C=O) groups excluding carboxylic acids is 2. The molecule has 0 unspecified atom stereocenters. The van der Waals surface area contributed by atoms with E-state index in [0.29, 0.717) is 23.0 Å². The Bertz CT molecular complexity index is 940. The molecule has 0 radical (unpaired) electrons. The molecule has 0 spiro atoms. The summed E-state index contributed by atoms with van der Waals surface area (Å²) in [7, 11) is 1.57. The zero-order chi connectivity index (χ0) is 20.3. The molecule has 0 saturated carbocycles. The molecule has 2 amide bonds. The molecular formula is C21H20BrNO4S. The van der Waals surface area contributed by atoms with Gasteiger partial charge in [-0.05, 0) is 54.9 Å². The second kappa shape index (κ2) is 8.84. The standard InChI is InChI=1S/C21H20BrNO4S/c1-4-27-18-9-15(16(22)11-17(18)26-3)10-19-20(24)23(21(25)28-19)12-14-7-5-13(2)6-8-14/h5-11H,4,12H2,1-3H3/b19-10-. The monoisotopic (exact) mass is 461 g/mol. The molecule has 1 heterocycles. The minimum Gasteiger partial charge on any atom is -0.493 e. The molecule has 0 N–H and O–H groups in total. The van der Waals surface area contributed by atoms with Crippen molar-refractivity contribution in [2.75, 3.05) is 13.7 Å². The van der Waals surface area contributed by atoms with Gasteiger partial charge in [0.1, 0.15) is 0 Å². The number of halogens is 1. The number of thioether (sulfide) groups is 1. The maximum absolute atomic E-state index is 12.8. The van der Waals surface area contributed by atoms with Crippen LogP contribution in [0.15, 0.2) is 45.8 Å². The third-order valence-corrected chi connectivity index (χ3v) is 5.80. The first-order valence-corrected chi connectivity index (χ1v) is 10.3. The van der Waals surface area contributed by atoms with E-state index in [1.165, 1.54) is 4.90 Å². The van der Waals surface area contributed by atoms with Crippen LogP contribution in [0.5, 0.6) is 11.5 Å². The van der Waals surface area contributed by atoms with Crippen LogP contribution in [0.1, 0.15) is 23.6 Å². The molecule has 0 aromatic heterocycles. The van der Waals surface area contributed by atoms with Gasteiger partial charge in [0.2, 0.25) is 0 Å². The molecular weight excluding hydrogens is 442 g/mol. The van der Waals surface area contributed by atoms with Gasteiger partial charge in [-0.1, -0.05) is 45.8 Å². The predicted octanol–water partition coefficient (Wildman–Crippen LogP) is 5.40. The summed E-state index contributed by atoms with van der Waals surface area (Å²) in [6.45, 7) is 4.63. The fourth-order valence-electron chi connectivity index (χ4n) is 2.74. The van der Waals surface area contributed by atoms with E-state index in [0.717, 1.165) is 32.9 Å². The van der Waals surface area contributed by atoms with E-state index >= 15 is 0 Å². The fourth-order valence-corrected chi connectivity index (χ4v) is 4.01. The maximum Gasteiger partial charge on any atom is 0.293 e. The van der Waals surface area contributed by atoms with Gasteiger partial charge in [0.05, 0.1) is 25.2 Å². The Labute approximate surface area is 176 Å². The van der Waals surface area contributed by atoms with Gasteiger partial charge in [-0.2, -0.15) is 0 Å². The predicted molar refractivity (Wildman–Crippen MR) is 115 cm³/mol. The lowest BCUT2D eigenvalue weighted by atomic mass is 10.1. The van der Waals surface area contributed by atoms with Crippen molar-refractivity contribution < 1.29 is 19.1 Å². The number of nitrogens with zero attached hydrogens (tertiary/aromatic N) is 1. The van der Waals surface area contributed by atoms with Crippen LogP contribution in [0.25, 0.3) is 6.08 Å². The van der Waals surface area contributed by atoms with Crippen molar-refractivity contribution in [2.45, 2.75) is 20.4 Å². The first-order chi connectivity index (χ1) is 13.4. The quantitative estimate of drug-likeness (QED) is 0.538. The molecule has 3 rings (SSSR count). The normalized spacial score (nSPS) is 15.4. The van der Waals surface area contributed by atoms with Gasteiger partial charge in [0.25, 0.3) is 11.1 Å². The summed E-state index contributed by atoms with van der Waals surface area (Å²) in [5.74, 6) is 0.882. The highest BCUT2D eigenvalue weighted by Crippen LogP contribution is 2.38. The summed E-state index contributed by atoms with van der Waals surface area (Å²) in [5, 5.41) is -0.272. The molecule has 28 heavy (non-hydrogen) atoms. The number of aryl methyl sites for hydroxylation is 1. The SMILES string of the molecule is CCOc1cc(/C=C2\SC(=O)N(Cc3ccc(C)cc3)C2=O)c(Br)cc1OC. The second-order valence-electron chi connectivity index (χ2n) is 6.21. The van der Waals surface area contributed by atoms with Crippen LogP contribution in [0.4, 0.5) is 4.79 Å². The van der Waals surface area contributed by atoms with Crippen LogP contribution in [-0.2, 0) is 11.3 Å². The Morgan fingerprint density at radius 2 is 1.86 bits per heavy atom. The Kier molecular flexibility index (Phi) is 6.46. The van der Waals surface area contributed by atoms with Crippen LogP contribution >= 0.6 is 27.7 Å². The van der Waals surface area contributed by atoms with Crippen LogP contribution in [0.2, 0.25) is 0 Å². The summed E-state index contributed by atoms with van der Waals surface area (Å²) in [6.07, 6.45) is 1.70. The fraction of sp³-hybridized carbons (Fsp3) is 0.238. The molecule has 0 bridgehead atoms. The minimum atomic E-state index is -0.295. The molecule has 2 aromatic rings. The van der Waals surface area contributed by atoms with E-state index in [4.69, 9.17) is 9.47 Å². The minimum absolute atomic E-state index is 0.260. The molecule has 1 fully saturated rings. The van der Waals surface area contributed by atoms with Crippen LogP contribution in [0, 0.1) is 6.92 Å².